The molecule has 0 amide bonds. The minimum atomic E-state index is -1.49. The maximum atomic E-state index is 13.6. The molecule has 1 aliphatic carbocycles. The smallest absolute Gasteiger partial charge is 0.493 e. The standard InChI is InChI=1S/C33H38O17/c1-13-42-11-23-30(47-13)26(36)27(37)32(48-23)49-28-17-7-20-19(45-12-46-20)6-16(17)24(25-18(28)10-43-31(25)38)14-4-21(40-2)29(22(5-14)41-3)50-33(39)44-9-15(35)8-34/h4-7,13,15,18,23-28,30,32,34-37H,8-12H2,1-3H3/t13-,15?,18+,23-,24-,25+,26-,27-,28-,30-,32+/m1/s1. The topological polar surface area (TPSA) is 217 Å². The van der Waals surface area contributed by atoms with Crippen molar-refractivity contribution in [1.82, 2.24) is 0 Å². The number of aliphatic hydroxyl groups is 4. The van der Waals surface area contributed by atoms with E-state index in [2.05, 4.69) is 0 Å². The summed E-state index contributed by atoms with van der Waals surface area (Å²) >= 11 is 0. The van der Waals surface area contributed by atoms with Crippen molar-refractivity contribution < 1.29 is 82.1 Å². The highest BCUT2D eigenvalue weighted by molar-refractivity contribution is 5.79. The molecule has 2 aromatic carbocycles. The van der Waals surface area contributed by atoms with Gasteiger partial charge >= 0.3 is 12.1 Å². The van der Waals surface area contributed by atoms with Crippen LogP contribution in [0.1, 0.15) is 35.6 Å². The predicted octanol–water partition coefficient (Wildman–Crippen LogP) is 0.502. The molecule has 17 nitrogen and oxygen atoms in total. The molecule has 11 atom stereocenters. The summed E-state index contributed by atoms with van der Waals surface area (Å²) in [5.74, 6) is -1.76. The van der Waals surface area contributed by atoms with Crippen LogP contribution in [0.2, 0.25) is 0 Å². The number of ether oxygens (including phenoxy) is 11. The monoisotopic (exact) mass is 706 g/mol. The molecule has 50 heavy (non-hydrogen) atoms. The highest BCUT2D eigenvalue weighted by Gasteiger charge is 2.56. The predicted molar refractivity (Wildman–Crippen MR) is 162 cm³/mol. The Morgan fingerprint density at radius 3 is 2.34 bits per heavy atom. The molecule has 17 heteroatoms. The van der Waals surface area contributed by atoms with E-state index >= 15 is 0 Å². The van der Waals surface area contributed by atoms with Crippen LogP contribution in [0.3, 0.4) is 0 Å². The molecule has 0 radical (unpaired) electrons. The lowest BCUT2D eigenvalue weighted by Gasteiger charge is -2.47. The average molecular weight is 707 g/mol. The van der Waals surface area contributed by atoms with Gasteiger partial charge in [-0.3, -0.25) is 4.79 Å². The van der Waals surface area contributed by atoms with Crippen LogP contribution in [0.4, 0.5) is 4.79 Å². The Balaban J connectivity index is 1.26. The average Bonchev–Trinajstić information content (AvgIpc) is 3.74. The van der Waals surface area contributed by atoms with Gasteiger partial charge in [0.1, 0.15) is 37.1 Å². The van der Waals surface area contributed by atoms with Crippen LogP contribution < -0.4 is 23.7 Å². The van der Waals surface area contributed by atoms with Gasteiger partial charge < -0.3 is 72.5 Å². The van der Waals surface area contributed by atoms with Crippen molar-refractivity contribution in [3.63, 3.8) is 0 Å². The minimum absolute atomic E-state index is 0.0271. The van der Waals surface area contributed by atoms with Gasteiger partial charge in [-0.15, -0.1) is 0 Å². The number of hydrogen-bond acceptors (Lipinski definition) is 17. The highest BCUT2D eigenvalue weighted by Crippen LogP contribution is 2.57. The zero-order valence-electron chi connectivity index (χ0n) is 27.3. The molecule has 4 aliphatic heterocycles. The van der Waals surface area contributed by atoms with E-state index in [1.807, 2.05) is 0 Å². The van der Waals surface area contributed by atoms with Crippen LogP contribution >= 0.6 is 0 Å². The summed E-state index contributed by atoms with van der Waals surface area (Å²) in [7, 11) is 2.71. The summed E-state index contributed by atoms with van der Waals surface area (Å²) in [6, 6.07) is 6.68. The minimum Gasteiger partial charge on any atom is -0.493 e. The van der Waals surface area contributed by atoms with Crippen LogP contribution in [0, 0.1) is 11.8 Å². The lowest BCUT2D eigenvalue weighted by Crippen LogP contribution is -2.63. The van der Waals surface area contributed by atoms with E-state index in [-0.39, 0.29) is 37.3 Å². The first-order chi connectivity index (χ1) is 24.1. The van der Waals surface area contributed by atoms with E-state index in [1.165, 1.54) is 14.2 Å². The number of hydrogen-bond donors (Lipinski definition) is 4. The second kappa shape index (κ2) is 14.0. The molecule has 0 spiro atoms. The molecule has 0 bridgehead atoms. The van der Waals surface area contributed by atoms with Gasteiger partial charge in [-0.25, -0.2) is 4.79 Å². The molecule has 3 fully saturated rings. The van der Waals surface area contributed by atoms with Crippen LogP contribution in [-0.4, -0.2) is 123 Å². The van der Waals surface area contributed by atoms with E-state index in [1.54, 1.807) is 31.2 Å². The molecule has 4 N–H and O–H groups in total. The van der Waals surface area contributed by atoms with Crippen molar-refractivity contribution in [2.45, 2.75) is 62.0 Å². The molecule has 272 valence electrons. The van der Waals surface area contributed by atoms with E-state index in [9.17, 15) is 24.9 Å². The zero-order valence-corrected chi connectivity index (χ0v) is 27.3. The van der Waals surface area contributed by atoms with Gasteiger partial charge in [0.05, 0.1) is 46.1 Å². The number of benzene rings is 2. The fourth-order valence-corrected chi connectivity index (χ4v) is 7.15. The quantitative estimate of drug-likeness (QED) is 0.206. The van der Waals surface area contributed by atoms with Crippen LogP contribution in [0.15, 0.2) is 24.3 Å². The Labute approximate surface area is 285 Å². The Hall–Kier alpha value is -3.94. The Kier molecular flexibility index (Phi) is 9.66. The number of methoxy groups -OCH3 is 2. The largest absolute Gasteiger partial charge is 0.514 e. The number of esters is 1. The number of cyclic esters (lactones) is 1. The van der Waals surface area contributed by atoms with Gasteiger partial charge in [-0.2, -0.15) is 0 Å². The second-order valence-corrected chi connectivity index (χ2v) is 12.5. The molecule has 0 saturated carbocycles. The molecule has 4 heterocycles. The van der Waals surface area contributed by atoms with Crippen molar-refractivity contribution in [3.8, 4) is 28.7 Å². The van der Waals surface area contributed by atoms with E-state index in [0.717, 1.165) is 0 Å². The summed E-state index contributed by atoms with van der Waals surface area (Å²) in [5, 5.41) is 40.7. The van der Waals surface area contributed by atoms with Gasteiger partial charge in [0.25, 0.3) is 0 Å². The summed E-state index contributed by atoms with van der Waals surface area (Å²) in [6.45, 7) is 0.611. The molecular formula is C33H38O17. The summed E-state index contributed by atoms with van der Waals surface area (Å²) in [5.41, 5.74) is 1.73. The normalized spacial score (nSPS) is 33.0. The van der Waals surface area contributed by atoms with Gasteiger partial charge in [-0.1, -0.05) is 0 Å². The maximum Gasteiger partial charge on any atom is 0.514 e. The fraction of sp³-hybridized carbons (Fsp3) is 0.576. The lowest BCUT2D eigenvalue weighted by molar-refractivity contribution is -0.364. The first-order valence-electron chi connectivity index (χ1n) is 16.0. The molecule has 0 aromatic heterocycles. The molecule has 2 aromatic rings. The van der Waals surface area contributed by atoms with Gasteiger partial charge in [0.15, 0.2) is 35.6 Å². The molecule has 7 rings (SSSR count). The van der Waals surface area contributed by atoms with Crippen molar-refractivity contribution >= 4 is 12.1 Å². The van der Waals surface area contributed by atoms with E-state index in [0.29, 0.717) is 28.2 Å². The highest BCUT2D eigenvalue weighted by atomic mass is 16.8. The molecule has 3 saturated heterocycles. The third-order valence-corrected chi connectivity index (χ3v) is 9.52. The van der Waals surface area contributed by atoms with Crippen LogP contribution in [0.5, 0.6) is 28.7 Å². The van der Waals surface area contributed by atoms with Crippen molar-refractivity contribution in [2.24, 2.45) is 11.8 Å². The van der Waals surface area contributed by atoms with Crippen molar-refractivity contribution in [2.75, 3.05) is 47.4 Å². The third kappa shape index (κ3) is 6.17. The molecular weight excluding hydrogens is 668 g/mol. The van der Waals surface area contributed by atoms with Gasteiger partial charge in [0.2, 0.25) is 12.5 Å². The Bertz CT molecular complexity index is 1570. The zero-order chi connectivity index (χ0) is 35.3. The van der Waals surface area contributed by atoms with Gasteiger partial charge in [0, 0.05) is 11.8 Å². The van der Waals surface area contributed by atoms with Crippen LogP contribution in [-0.2, 0) is 33.2 Å². The summed E-state index contributed by atoms with van der Waals surface area (Å²) < 4.78 is 62.3. The first kappa shape index (κ1) is 34.5. The molecule has 1 unspecified atom stereocenters. The second-order valence-electron chi connectivity index (χ2n) is 12.5. The summed E-state index contributed by atoms with van der Waals surface area (Å²) in [6.07, 6.45) is -9.66. The maximum absolute atomic E-state index is 13.6. The summed E-state index contributed by atoms with van der Waals surface area (Å²) in [4.78, 5) is 26.1. The van der Waals surface area contributed by atoms with Gasteiger partial charge in [-0.05, 0) is 47.9 Å². The Morgan fingerprint density at radius 1 is 0.960 bits per heavy atom. The van der Waals surface area contributed by atoms with Crippen molar-refractivity contribution in [3.05, 3.63) is 41.0 Å². The number of rotatable bonds is 9. The van der Waals surface area contributed by atoms with E-state index in [4.69, 9.17) is 57.2 Å². The number of carbonyl (C=O) groups is 2. The van der Waals surface area contributed by atoms with Crippen molar-refractivity contribution in [1.29, 1.82) is 0 Å². The first-order valence-corrected chi connectivity index (χ1v) is 16.0. The SMILES string of the molecule is COc1cc([C@@H]2c3cc4c(cc3[C@@H](O[C@@H]3O[C@@H]5CO[C@@H](C)O[C@H]5[C@H](O)[C@H]3O)[C@H]3COC(=O)[C@H]23)OCO4)cc(OC)c1OC(=O)OCC(O)CO. The Morgan fingerprint density at radius 2 is 1.66 bits per heavy atom. The van der Waals surface area contributed by atoms with Crippen LogP contribution in [0.25, 0.3) is 0 Å². The third-order valence-electron chi connectivity index (χ3n) is 9.52. The number of fused-ring (bicyclic) bond motifs is 4. The van der Waals surface area contributed by atoms with E-state index < -0.39 is 92.3 Å². The number of carbonyl (C=O) groups excluding carboxylic acids is 2. The number of aliphatic hydroxyl groups excluding tert-OH is 4. The fourth-order valence-electron chi connectivity index (χ4n) is 7.15. The lowest BCUT2D eigenvalue weighted by atomic mass is 9.66. The molecule has 5 aliphatic rings.